The molecular weight excluding hydrogens is 446 g/mol. The number of benzene rings is 2. The Hall–Kier alpha value is -2.90. The van der Waals surface area contributed by atoms with E-state index < -0.39 is 0 Å². The molecule has 2 heterocycles. The lowest BCUT2D eigenvalue weighted by Crippen LogP contribution is -2.31. The predicted octanol–water partition coefficient (Wildman–Crippen LogP) is 4.81. The van der Waals surface area contributed by atoms with Crippen LogP contribution >= 0.6 is 22.9 Å². The third-order valence-electron chi connectivity index (χ3n) is 5.58. The molecule has 1 amide bonds. The van der Waals surface area contributed by atoms with E-state index in [-0.39, 0.29) is 11.9 Å². The van der Waals surface area contributed by atoms with E-state index in [1.807, 2.05) is 49.4 Å². The normalized spacial score (nSPS) is 15.6. The van der Waals surface area contributed by atoms with Crippen LogP contribution in [-0.4, -0.2) is 43.6 Å². The number of nitrogens with one attached hydrogen (secondary N) is 1. The average molecular weight is 470 g/mol. The van der Waals surface area contributed by atoms with Crippen molar-refractivity contribution < 1.29 is 14.3 Å². The number of rotatable bonds is 6. The molecule has 1 saturated heterocycles. The molecule has 0 radical (unpaired) electrons. The summed E-state index contributed by atoms with van der Waals surface area (Å²) >= 11 is 7.35. The van der Waals surface area contributed by atoms with Crippen molar-refractivity contribution in [3.05, 3.63) is 69.7 Å². The number of hydrogen-bond donors (Lipinski definition) is 1. The summed E-state index contributed by atoms with van der Waals surface area (Å²) in [6.07, 6.45) is 0.938. The van der Waals surface area contributed by atoms with Crippen LogP contribution in [0.25, 0.3) is 10.6 Å². The fourth-order valence-corrected chi connectivity index (χ4v) is 5.00. The molecule has 1 N–H and O–H groups in total. The van der Waals surface area contributed by atoms with Crippen LogP contribution in [0.3, 0.4) is 0 Å². The molecule has 2 aromatic carbocycles. The second-order valence-electron chi connectivity index (χ2n) is 7.76. The number of halogens is 1. The number of amides is 1. The number of aryl methyl sites for hydroxylation is 1. The minimum atomic E-state index is -0.338. The van der Waals surface area contributed by atoms with Gasteiger partial charge in [0.25, 0.3) is 5.91 Å². The van der Waals surface area contributed by atoms with E-state index in [0.717, 1.165) is 41.5 Å². The van der Waals surface area contributed by atoms with Gasteiger partial charge in [0.1, 0.15) is 9.88 Å². The van der Waals surface area contributed by atoms with Crippen molar-refractivity contribution in [1.82, 2.24) is 10.3 Å². The molecule has 1 aliphatic rings. The van der Waals surface area contributed by atoms with Crippen molar-refractivity contribution in [2.24, 2.45) is 5.92 Å². The summed E-state index contributed by atoms with van der Waals surface area (Å²) in [5, 5.41) is 4.54. The first-order valence-electron chi connectivity index (χ1n) is 10.4. The number of ether oxygens (including phenoxy) is 1. The van der Waals surface area contributed by atoms with Gasteiger partial charge < -0.3 is 15.0 Å². The fourth-order valence-electron chi connectivity index (χ4n) is 3.89. The molecule has 1 aromatic heterocycles. The van der Waals surface area contributed by atoms with E-state index in [4.69, 9.17) is 16.3 Å². The average Bonchev–Trinajstić information content (AvgIpc) is 3.44. The maximum absolute atomic E-state index is 12.8. The third kappa shape index (κ3) is 4.79. The van der Waals surface area contributed by atoms with Crippen molar-refractivity contribution >= 4 is 40.5 Å². The van der Waals surface area contributed by atoms with Gasteiger partial charge in [-0.3, -0.25) is 4.79 Å². The van der Waals surface area contributed by atoms with Crippen molar-refractivity contribution in [3.63, 3.8) is 0 Å². The highest BCUT2D eigenvalue weighted by Crippen LogP contribution is 2.30. The quantitative estimate of drug-likeness (QED) is 0.524. The first-order chi connectivity index (χ1) is 15.5. The van der Waals surface area contributed by atoms with E-state index in [9.17, 15) is 9.59 Å². The van der Waals surface area contributed by atoms with Crippen LogP contribution in [0.4, 0.5) is 5.69 Å². The highest BCUT2D eigenvalue weighted by molar-refractivity contribution is 7.17. The smallest absolute Gasteiger partial charge is 0.339 e. The highest BCUT2D eigenvalue weighted by atomic mass is 35.5. The number of carbonyl (C=O) groups excluding carboxylic acids is 2. The monoisotopic (exact) mass is 469 g/mol. The van der Waals surface area contributed by atoms with Crippen LogP contribution < -0.4 is 10.2 Å². The van der Waals surface area contributed by atoms with E-state index in [0.29, 0.717) is 27.9 Å². The predicted molar refractivity (Wildman–Crippen MR) is 128 cm³/mol. The Morgan fingerprint density at radius 3 is 2.72 bits per heavy atom. The van der Waals surface area contributed by atoms with Crippen LogP contribution in [0.5, 0.6) is 0 Å². The van der Waals surface area contributed by atoms with Crippen molar-refractivity contribution in [1.29, 1.82) is 0 Å². The molecule has 4 rings (SSSR count). The third-order valence-corrected chi connectivity index (χ3v) is 7.04. The standard InChI is InChI=1S/C24H24ClN3O3S/c1-15-21(32-23(27-15)17-7-9-18(25)10-8-17)22(29)26-13-16-11-12-28(14-16)20-6-4-3-5-19(20)24(30)31-2/h3-10,16H,11-14H2,1-2H3,(H,26,29). The number of aromatic nitrogens is 1. The lowest BCUT2D eigenvalue weighted by molar-refractivity contribution is 0.0601. The second kappa shape index (κ2) is 9.71. The first-order valence-corrected chi connectivity index (χ1v) is 11.6. The van der Waals surface area contributed by atoms with Crippen molar-refractivity contribution in [2.75, 3.05) is 31.6 Å². The van der Waals surface area contributed by atoms with Gasteiger partial charge in [0, 0.05) is 30.2 Å². The Morgan fingerprint density at radius 2 is 1.97 bits per heavy atom. The number of carbonyl (C=O) groups is 2. The summed E-state index contributed by atoms with van der Waals surface area (Å²) < 4.78 is 4.91. The molecule has 1 atom stereocenters. The van der Waals surface area contributed by atoms with Crippen molar-refractivity contribution in [3.8, 4) is 10.6 Å². The number of anilines is 1. The largest absolute Gasteiger partial charge is 0.465 e. The van der Waals surface area contributed by atoms with E-state index >= 15 is 0 Å². The molecule has 0 bridgehead atoms. The summed E-state index contributed by atoms with van der Waals surface area (Å²) in [5.41, 5.74) is 3.10. The highest BCUT2D eigenvalue weighted by Gasteiger charge is 2.27. The number of methoxy groups -OCH3 is 1. The minimum absolute atomic E-state index is 0.103. The maximum Gasteiger partial charge on any atom is 0.339 e. The molecule has 1 unspecified atom stereocenters. The molecule has 3 aromatic rings. The molecule has 166 valence electrons. The summed E-state index contributed by atoms with van der Waals surface area (Å²) in [7, 11) is 1.39. The first kappa shape index (κ1) is 22.3. The molecule has 1 aliphatic heterocycles. The fraction of sp³-hybridized carbons (Fsp3) is 0.292. The van der Waals surface area contributed by atoms with Gasteiger partial charge in [-0.2, -0.15) is 0 Å². The summed E-state index contributed by atoms with van der Waals surface area (Å²) in [6.45, 7) is 4.02. The van der Waals surface area contributed by atoms with Crippen LogP contribution in [0.1, 0.15) is 32.1 Å². The summed E-state index contributed by atoms with van der Waals surface area (Å²) in [6, 6.07) is 14.9. The van der Waals surface area contributed by atoms with Crippen LogP contribution in [0, 0.1) is 12.8 Å². The van der Waals surface area contributed by atoms with Gasteiger partial charge in [-0.05, 0) is 43.5 Å². The molecule has 0 aliphatic carbocycles. The lowest BCUT2D eigenvalue weighted by atomic mass is 10.1. The molecule has 1 fully saturated rings. The van der Waals surface area contributed by atoms with Gasteiger partial charge >= 0.3 is 5.97 Å². The Morgan fingerprint density at radius 1 is 1.22 bits per heavy atom. The summed E-state index contributed by atoms with van der Waals surface area (Å²) in [4.78, 5) is 32.3. The van der Waals surface area contributed by atoms with E-state index in [1.54, 1.807) is 6.07 Å². The minimum Gasteiger partial charge on any atom is -0.465 e. The number of para-hydroxylation sites is 1. The van der Waals surface area contributed by atoms with Gasteiger partial charge in [0.2, 0.25) is 0 Å². The van der Waals surface area contributed by atoms with Gasteiger partial charge in [0.15, 0.2) is 0 Å². The lowest BCUT2D eigenvalue weighted by Gasteiger charge is -2.21. The Kier molecular flexibility index (Phi) is 6.77. The molecule has 6 nitrogen and oxygen atoms in total. The van der Waals surface area contributed by atoms with Crippen LogP contribution in [-0.2, 0) is 4.74 Å². The number of esters is 1. The number of hydrogen-bond acceptors (Lipinski definition) is 6. The van der Waals surface area contributed by atoms with E-state index in [2.05, 4.69) is 15.2 Å². The van der Waals surface area contributed by atoms with Crippen LogP contribution in [0.2, 0.25) is 5.02 Å². The molecular formula is C24H24ClN3O3S. The Balaban J connectivity index is 1.38. The molecule has 8 heteroatoms. The van der Waals surface area contributed by atoms with Gasteiger partial charge in [-0.25, -0.2) is 9.78 Å². The van der Waals surface area contributed by atoms with E-state index in [1.165, 1.54) is 18.4 Å². The molecule has 0 saturated carbocycles. The van der Waals surface area contributed by atoms with Crippen LogP contribution in [0.15, 0.2) is 48.5 Å². The molecule has 0 spiro atoms. The summed E-state index contributed by atoms with van der Waals surface area (Å²) in [5.74, 6) is -0.142. The topological polar surface area (TPSA) is 71.5 Å². The zero-order valence-electron chi connectivity index (χ0n) is 17.9. The van der Waals surface area contributed by atoms with Crippen molar-refractivity contribution in [2.45, 2.75) is 13.3 Å². The Labute approximate surface area is 196 Å². The zero-order valence-corrected chi connectivity index (χ0v) is 19.5. The zero-order chi connectivity index (χ0) is 22.7. The maximum atomic E-state index is 12.8. The van der Waals surface area contributed by atoms with Gasteiger partial charge in [0.05, 0.1) is 24.1 Å². The number of thiazole rings is 1. The SMILES string of the molecule is COC(=O)c1ccccc1N1CCC(CNC(=O)c2sc(-c3ccc(Cl)cc3)nc2C)C1. The number of nitrogens with zero attached hydrogens (tertiary/aromatic N) is 2. The molecule has 32 heavy (non-hydrogen) atoms. The van der Waals surface area contributed by atoms with Gasteiger partial charge in [-0.15, -0.1) is 11.3 Å². The van der Waals surface area contributed by atoms with Gasteiger partial charge in [-0.1, -0.05) is 35.9 Å². The Bertz CT molecular complexity index is 1130. The second-order valence-corrected chi connectivity index (χ2v) is 9.20.